The van der Waals surface area contributed by atoms with Crippen LogP contribution < -0.4 is 5.73 Å². The lowest BCUT2D eigenvalue weighted by Gasteiger charge is -2.28. The van der Waals surface area contributed by atoms with E-state index < -0.39 is 24.1 Å². The Hall–Kier alpha value is -0.780. The molecule has 94 valence electrons. The minimum Gasteiger partial charge on any atom is -0.469 e. The number of carbonyl (C=O) groups is 1. The van der Waals surface area contributed by atoms with E-state index in [-0.39, 0.29) is 5.92 Å². The number of methoxy groups -OCH3 is 1. The van der Waals surface area contributed by atoms with Gasteiger partial charge >= 0.3 is 12.1 Å². The van der Waals surface area contributed by atoms with Crippen LogP contribution in [0.5, 0.6) is 0 Å². The highest BCUT2D eigenvalue weighted by Crippen LogP contribution is 2.37. The molecule has 0 heterocycles. The zero-order valence-electron chi connectivity index (χ0n) is 9.09. The highest BCUT2D eigenvalue weighted by molar-refractivity contribution is 5.73. The first-order valence-corrected chi connectivity index (χ1v) is 5.28. The maximum Gasteiger partial charge on any atom is 0.404 e. The Morgan fingerprint density at radius 1 is 1.38 bits per heavy atom. The van der Waals surface area contributed by atoms with Gasteiger partial charge in [0.15, 0.2) is 0 Å². The third kappa shape index (κ3) is 2.87. The number of hydrogen-bond donors (Lipinski definition) is 1. The molecule has 1 aliphatic rings. The summed E-state index contributed by atoms with van der Waals surface area (Å²) in [7, 11) is 1.09. The molecule has 0 aliphatic heterocycles. The first-order chi connectivity index (χ1) is 7.38. The SMILES string of the molecule is COC(=O)[C@H](C1CCCC1)[C@@H](N)C(F)(F)F. The summed E-state index contributed by atoms with van der Waals surface area (Å²) in [6.07, 6.45) is -1.62. The second kappa shape index (κ2) is 5.03. The molecular formula is C10H16F3NO2. The monoisotopic (exact) mass is 239 g/mol. The average Bonchev–Trinajstić information content (AvgIpc) is 2.69. The average molecular weight is 239 g/mol. The molecule has 1 aliphatic carbocycles. The number of esters is 1. The first kappa shape index (κ1) is 13.3. The van der Waals surface area contributed by atoms with Gasteiger partial charge in [-0.3, -0.25) is 4.79 Å². The van der Waals surface area contributed by atoms with Crippen LogP contribution in [-0.2, 0) is 9.53 Å². The van der Waals surface area contributed by atoms with E-state index in [0.29, 0.717) is 12.8 Å². The van der Waals surface area contributed by atoms with Crippen LogP contribution >= 0.6 is 0 Å². The number of carbonyl (C=O) groups excluding carboxylic acids is 1. The van der Waals surface area contributed by atoms with E-state index in [2.05, 4.69) is 4.74 Å². The summed E-state index contributed by atoms with van der Waals surface area (Å²) in [6.45, 7) is 0. The van der Waals surface area contributed by atoms with Gasteiger partial charge in [0.2, 0.25) is 0 Å². The van der Waals surface area contributed by atoms with Gasteiger partial charge in [0.05, 0.1) is 13.0 Å². The van der Waals surface area contributed by atoms with Crippen molar-refractivity contribution in [3.63, 3.8) is 0 Å². The fourth-order valence-electron chi connectivity index (χ4n) is 2.29. The van der Waals surface area contributed by atoms with Crippen LogP contribution in [0.15, 0.2) is 0 Å². The smallest absolute Gasteiger partial charge is 0.404 e. The molecule has 0 amide bonds. The molecule has 0 radical (unpaired) electrons. The van der Waals surface area contributed by atoms with Crippen LogP contribution in [0.4, 0.5) is 13.2 Å². The van der Waals surface area contributed by atoms with Crippen LogP contribution in [0.3, 0.4) is 0 Å². The molecule has 16 heavy (non-hydrogen) atoms. The Kier molecular flexibility index (Phi) is 4.18. The fraction of sp³-hybridized carbons (Fsp3) is 0.900. The minimum atomic E-state index is -4.55. The number of ether oxygens (including phenoxy) is 1. The Bertz CT molecular complexity index is 249. The van der Waals surface area contributed by atoms with Crippen molar-refractivity contribution in [2.24, 2.45) is 17.6 Å². The van der Waals surface area contributed by atoms with Crippen LogP contribution in [0, 0.1) is 11.8 Å². The minimum absolute atomic E-state index is 0.302. The molecule has 0 unspecified atom stereocenters. The van der Waals surface area contributed by atoms with Gasteiger partial charge in [-0.25, -0.2) is 0 Å². The lowest BCUT2D eigenvalue weighted by Crippen LogP contribution is -2.49. The van der Waals surface area contributed by atoms with Gasteiger partial charge in [-0.1, -0.05) is 12.8 Å². The predicted molar refractivity (Wildman–Crippen MR) is 51.5 cm³/mol. The quantitative estimate of drug-likeness (QED) is 0.765. The summed E-state index contributed by atoms with van der Waals surface area (Å²) < 4.78 is 42.0. The zero-order chi connectivity index (χ0) is 12.3. The molecule has 0 aromatic carbocycles. The largest absolute Gasteiger partial charge is 0.469 e. The Morgan fingerprint density at radius 3 is 2.25 bits per heavy atom. The summed E-state index contributed by atoms with van der Waals surface area (Å²) in [4.78, 5) is 11.4. The number of rotatable bonds is 3. The van der Waals surface area contributed by atoms with Crippen molar-refractivity contribution in [3.8, 4) is 0 Å². The lowest BCUT2D eigenvalue weighted by molar-refractivity contribution is -0.179. The number of halogens is 3. The first-order valence-electron chi connectivity index (χ1n) is 5.28. The highest BCUT2D eigenvalue weighted by atomic mass is 19.4. The van der Waals surface area contributed by atoms with Crippen molar-refractivity contribution in [2.75, 3.05) is 7.11 Å². The van der Waals surface area contributed by atoms with Crippen molar-refractivity contribution in [1.82, 2.24) is 0 Å². The number of nitrogens with two attached hydrogens (primary N) is 1. The maximum atomic E-state index is 12.5. The van der Waals surface area contributed by atoms with Gasteiger partial charge in [-0.05, 0) is 18.8 Å². The topological polar surface area (TPSA) is 52.3 Å². The van der Waals surface area contributed by atoms with Crippen LogP contribution in [-0.4, -0.2) is 25.3 Å². The van der Waals surface area contributed by atoms with Crippen molar-refractivity contribution in [2.45, 2.75) is 37.9 Å². The molecule has 0 aromatic rings. The van der Waals surface area contributed by atoms with E-state index in [1.165, 1.54) is 0 Å². The predicted octanol–water partition coefficient (Wildman–Crippen LogP) is 1.86. The summed E-state index contributed by atoms with van der Waals surface area (Å²) in [6, 6.07) is -2.12. The fourth-order valence-corrected chi connectivity index (χ4v) is 2.29. The van der Waals surface area contributed by atoms with Gasteiger partial charge in [0, 0.05) is 0 Å². The zero-order valence-corrected chi connectivity index (χ0v) is 9.09. The third-order valence-electron chi connectivity index (χ3n) is 3.15. The maximum absolute atomic E-state index is 12.5. The molecule has 0 aromatic heterocycles. The van der Waals surface area contributed by atoms with Crippen molar-refractivity contribution in [3.05, 3.63) is 0 Å². The van der Waals surface area contributed by atoms with Gasteiger partial charge in [0.25, 0.3) is 0 Å². The molecule has 3 nitrogen and oxygen atoms in total. The van der Waals surface area contributed by atoms with E-state index in [1.807, 2.05) is 0 Å². The van der Waals surface area contributed by atoms with Crippen LogP contribution in [0.1, 0.15) is 25.7 Å². The van der Waals surface area contributed by atoms with E-state index in [9.17, 15) is 18.0 Å². The van der Waals surface area contributed by atoms with E-state index in [4.69, 9.17) is 5.73 Å². The molecule has 0 spiro atoms. The van der Waals surface area contributed by atoms with Gasteiger partial charge < -0.3 is 10.5 Å². The summed E-state index contributed by atoms with van der Waals surface area (Å²) >= 11 is 0. The Morgan fingerprint density at radius 2 is 1.88 bits per heavy atom. The second-order valence-electron chi connectivity index (χ2n) is 4.16. The lowest BCUT2D eigenvalue weighted by atomic mass is 9.85. The van der Waals surface area contributed by atoms with Crippen LogP contribution in [0.25, 0.3) is 0 Å². The van der Waals surface area contributed by atoms with Crippen molar-refractivity contribution >= 4 is 5.97 Å². The van der Waals surface area contributed by atoms with E-state index in [0.717, 1.165) is 20.0 Å². The van der Waals surface area contributed by atoms with Gasteiger partial charge in [0.1, 0.15) is 6.04 Å². The van der Waals surface area contributed by atoms with E-state index in [1.54, 1.807) is 0 Å². The summed E-state index contributed by atoms with van der Waals surface area (Å²) in [5.74, 6) is -2.41. The van der Waals surface area contributed by atoms with Gasteiger partial charge in [-0.2, -0.15) is 13.2 Å². The highest BCUT2D eigenvalue weighted by Gasteiger charge is 2.48. The van der Waals surface area contributed by atoms with Crippen molar-refractivity contribution in [1.29, 1.82) is 0 Å². The molecular weight excluding hydrogens is 223 g/mol. The van der Waals surface area contributed by atoms with Crippen LogP contribution in [0.2, 0.25) is 0 Å². The molecule has 0 bridgehead atoms. The molecule has 1 fully saturated rings. The molecule has 2 N–H and O–H groups in total. The van der Waals surface area contributed by atoms with Gasteiger partial charge in [-0.15, -0.1) is 0 Å². The molecule has 2 atom stereocenters. The molecule has 1 rings (SSSR count). The second-order valence-corrected chi connectivity index (χ2v) is 4.16. The normalized spacial score (nSPS) is 21.8. The molecule has 6 heteroatoms. The number of alkyl halides is 3. The number of hydrogen-bond acceptors (Lipinski definition) is 3. The standard InChI is InChI=1S/C10H16F3NO2/c1-16-9(15)7(6-4-2-3-5-6)8(14)10(11,12)13/h6-8H,2-5,14H2,1H3/t7-,8-/m1/s1. The van der Waals surface area contributed by atoms with E-state index >= 15 is 0 Å². The third-order valence-corrected chi connectivity index (χ3v) is 3.15. The summed E-state index contributed by atoms with van der Waals surface area (Å²) in [5.41, 5.74) is 5.13. The Labute approximate surface area is 92.1 Å². The Balaban J connectivity index is 2.82. The van der Waals surface area contributed by atoms with Crippen molar-refractivity contribution < 1.29 is 22.7 Å². The molecule has 0 saturated heterocycles. The molecule has 1 saturated carbocycles. The summed E-state index contributed by atoms with van der Waals surface area (Å²) in [5, 5.41) is 0.